The number of aryl methyl sites for hydroxylation is 2. The molecule has 0 bridgehead atoms. The molecule has 1 aromatic heterocycles. The first-order chi connectivity index (χ1) is 15.0. The second kappa shape index (κ2) is 10.6. The molecule has 3 aromatic rings. The summed E-state index contributed by atoms with van der Waals surface area (Å²) in [6.45, 7) is 4.08. The maximum atomic E-state index is 12.6. The fraction of sp³-hybridized carbons (Fsp3) is 0.308. The summed E-state index contributed by atoms with van der Waals surface area (Å²) in [7, 11) is 3.24. The monoisotopic (exact) mass is 418 g/mol. The lowest BCUT2D eigenvalue weighted by Gasteiger charge is -2.14. The largest absolute Gasteiger partial charge is 0.493 e. The summed E-state index contributed by atoms with van der Waals surface area (Å²) < 4.78 is 10.7. The van der Waals surface area contributed by atoms with Crippen molar-refractivity contribution in [2.75, 3.05) is 14.2 Å². The van der Waals surface area contributed by atoms with Crippen molar-refractivity contribution in [3.05, 3.63) is 77.6 Å². The molecular formula is C26H30N2O3. The van der Waals surface area contributed by atoms with E-state index < -0.39 is 0 Å². The van der Waals surface area contributed by atoms with Crippen molar-refractivity contribution in [3.63, 3.8) is 0 Å². The van der Waals surface area contributed by atoms with E-state index in [2.05, 4.69) is 16.4 Å². The minimum atomic E-state index is -0.0519. The van der Waals surface area contributed by atoms with Gasteiger partial charge < -0.3 is 14.8 Å². The topological polar surface area (TPSA) is 60.5 Å². The number of carbonyl (C=O) groups is 1. The van der Waals surface area contributed by atoms with Crippen LogP contribution < -0.4 is 14.8 Å². The average Bonchev–Trinajstić information content (AvgIpc) is 2.80. The molecule has 31 heavy (non-hydrogen) atoms. The number of hydrogen-bond acceptors (Lipinski definition) is 4. The average molecular weight is 419 g/mol. The summed E-state index contributed by atoms with van der Waals surface area (Å²) in [6.07, 6.45) is 4.72. The molecule has 5 nitrogen and oxygen atoms in total. The van der Waals surface area contributed by atoms with Gasteiger partial charge >= 0.3 is 0 Å². The molecule has 0 aliphatic rings. The number of rotatable bonds is 9. The van der Waals surface area contributed by atoms with Gasteiger partial charge in [0.2, 0.25) is 0 Å². The van der Waals surface area contributed by atoms with Gasteiger partial charge in [0.25, 0.3) is 5.91 Å². The number of pyridine rings is 1. The molecule has 162 valence electrons. The smallest absolute Gasteiger partial charge is 0.251 e. The van der Waals surface area contributed by atoms with E-state index in [0.717, 1.165) is 36.1 Å². The lowest BCUT2D eigenvalue weighted by atomic mass is 10.0. The fourth-order valence-corrected chi connectivity index (χ4v) is 3.59. The Bertz CT molecular complexity index is 1020. The van der Waals surface area contributed by atoms with Crippen LogP contribution in [0.3, 0.4) is 0 Å². The van der Waals surface area contributed by atoms with Gasteiger partial charge in [0.1, 0.15) is 0 Å². The van der Waals surface area contributed by atoms with Crippen LogP contribution in [0.15, 0.2) is 60.8 Å². The molecule has 0 spiro atoms. The van der Waals surface area contributed by atoms with Gasteiger partial charge in [0.15, 0.2) is 11.5 Å². The van der Waals surface area contributed by atoms with E-state index in [9.17, 15) is 4.79 Å². The van der Waals surface area contributed by atoms with E-state index >= 15 is 0 Å². The SMILES string of the molecule is COc1ccc(-c2ccc(C(=O)NC(C)CCCc3cccnc3C)cc2)cc1OC. The quantitative estimate of drug-likeness (QED) is 0.518. The van der Waals surface area contributed by atoms with Crippen molar-refractivity contribution >= 4 is 5.91 Å². The summed E-state index contributed by atoms with van der Waals surface area (Å²) in [5, 5.41) is 3.10. The van der Waals surface area contributed by atoms with Crippen LogP contribution in [0.5, 0.6) is 11.5 Å². The molecule has 0 saturated carbocycles. The van der Waals surface area contributed by atoms with Gasteiger partial charge in [-0.25, -0.2) is 0 Å². The molecule has 2 aromatic carbocycles. The summed E-state index contributed by atoms with van der Waals surface area (Å²) in [5.41, 5.74) is 5.01. The first-order valence-electron chi connectivity index (χ1n) is 10.6. The van der Waals surface area contributed by atoms with E-state index in [0.29, 0.717) is 17.1 Å². The van der Waals surface area contributed by atoms with Gasteiger partial charge in [-0.05, 0) is 80.1 Å². The zero-order chi connectivity index (χ0) is 22.2. The highest BCUT2D eigenvalue weighted by Crippen LogP contribution is 2.32. The minimum absolute atomic E-state index is 0.0519. The predicted molar refractivity (Wildman–Crippen MR) is 124 cm³/mol. The Balaban J connectivity index is 1.55. The third-order valence-electron chi connectivity index (χ3n) is 5.44. The Kier molecular flexibility index (Phi) is 7.65. The highest BCUT2D eigenvalue weighted by Gasteiger charge is 2.11. The zero-order valence-electron chi connectivity index (χ0n) is 18.6. The summed E-state index contributed by atoms with van der Waals surface area (Å²) in [4.78, 5) is 16.9. The third kappa shape index (κ3) is 5.85. The molecule has 1 N–H and O–H groups in total. The number of hydrogen-bond donors (Lipinski definition) is 1. The number of aromatic nitrogens is 1. The molecule has 1 heterocycles. The van der Waals surface area contributed by atoms with Crippen LogP contribution in [-0.4, -0.2) is 31.2 Å². The summed E-state index contributed by atoms with van der Waals surface area (Å²) in [6, 6.07) is 17.6. The van der Waals surface area contributed by atoms with Crippen LogP contribution in [-0.2, 0) is 6.42 Å². The maximum absolute atomic E-state index is 12.6. The lowest BCUT2D eigenvalue weighted by molar-refractivity contribution is 0.0938. The standard InChI is InChI=1S/C26H30N2O3/c1-18(7-5-8-20-9-6-16-27-19(20)2)28-26(29)22-12-10-21(11-13-22)23-14-15-24(30-3)25(17-23)31-4/h6,9-18H,5,7-8H2,1-4H3,(H,28,29). The molecular weight excluding hydrogens is 388 g/mol. The van der Waals surface area contributed by atoms with Crippen molar-refractivity contribution in [1.29, 1.82) is 0 Å². The van der Waals surface area contributed by atoms with Crippen LogP contribution in [0, 0.1) is 6.92 Å². The number of amides is 1. The van der Waals surface area contributed by atoms with Crippen LogP contribution in [0.2, 0.25) is 0 Å². The van der Waals surface area contributed by atoms with E-state index in [-0.39, 0.29) is 11.9 Å². The van der Waals surface area contributed by atoms with Gasteiger partial charge in [-0.3, -0.25) is 9.78 Å². The summed E-state index contributed by atoms with van der Waals surface area (Å²) in [5.74, 6) is 1.32. The molecule has 0 aliphatic carbocycles. The van der Waals surface area contributed by atoms with Crippen LogP contribution in [0.25, 0.3) is 11.1 Å². The predicted octanol–water partition coefficient (Wildman–Crippen LogP) is 5.22. The Morgan fingerprint density at radius 3 is 2.39 bits per heavy atom. The van der Waals surface area contributed by atoms with E-state index in [4.69, 9.17) is 9.47 Å². The molecule has 0 aliphatic heterocycles. The highest BCUT2D eigenvalue weighted by atomic mass is 16.5. The fourth-order valence-electron chi connectivity index (χ4n) is 3.59. The molecule has 5 heteroatoms. The maximum Gasteiger partial charge on any atom is 0.251 e. The first kappa shape index (κ1) is 22.3. The number of carbonyl (C=O) groups excluding carboxylic acids is 1. The molecule has 0 saturated heterocycles. The number of nitrogens with zero attached hydrogens (tertiary/aromatic N) is 1. The number of nitrogens with one attached hydrogen (secondary N) is 1. The minimum Gasteiger partial charge on any atom is -0.493 e. The Labute approximate surface area is 184 Å². The summed E-state index contributed by atoms with van der Waals surface area (Å²) >= 11 is 0. The van der Waals surface area contributed by atoms with Crippen LogP contribution >= 0.6 is 0 Å². The van der Waals surface area contributed by atoms with Crippen molar-refractivity contribution in [1.82, 2.24) is 10.3 Å². The molecule has 0 radical (unpaired) electrons. The normalized spacial score (nSPS) is 11.6. The first-order valence-corrected chi connectivity index (χ1v) is 10.6. The van der Waals surface area contributed by atoms with Gasteiger partial charge in [-0.2, -0.15) is 0 Å². The van der Waals surface area contributed by atoms with Crippen LogP contribution in [0.1, 0.15) is 41.4 Å². The molecule has 1 amide bonds. The van der Waals surface area contributed by atoms with Crippen molar-refractivity contribution < 1.29 is 14.3 Å². The van der Waals surface area contributed by atoms with Gasteiger partial charge in [0.05, 0.1) is 14.2 Å². The van der Waals surface area contributed by atoms with Gasteiger partial charge in [-0.15, -0.1) is 0 Å². The van der Waals surface area contributed by atoms with Gasteiger partial charge in [-0.1, -0.05) is 24.3 Å². The number of ether oxygens (including phenoxy) is 2. The number of benzene rings is 2. The Hall–Kier alpha value is -3.34. The number of methoxy groups -OCH3 is 2. The lowest BCUT2D eigenvalue weighted by Crippen LogP contribution is -2.32. The van der Waals surface area contributed by atoms with Crippen molar-refractivity contribution in [3.8, 4) is 22.6 Å². The van der Waals surface area contributed by atoms with Crippen molar-refractivity contribution in [2.45, 2.75) is 39.2 Å². The third-order valence-corrected chi connectivity index (χ3v) is 5.44. The second-order valence-corrected chi connectivity index (χ2v) is 7.66. The van der Waals surface area contributed by atoms with Crippen LogP contribution in [0.4, 0.5) is 0 Å². The van der Waals surface area contributed by atoms with E-state index in [1.807, 2.05) is 68.6 Å². The molecule has 3 rings (SSSR count). The molecule has 0 fully saturated rings. The Morgan fingerprint density at radius 1 is 1.00 bits per heavy atom. The molecule has 1 unspecified atom stereocenters. The zero-order valence-corrected chi connectivity index (χ0v) is 18.6. The van der Waals surface area contributed by atoms with E-state index in [1.54, 1.807) is 14.2 Å². The Morgan fingerprint density at radius 2 is 1.71 bits per heavy atom. The molecule has 1 atom stereocenters. The van der Waals surface area contributed by atoms with Gasteiger partial charge in [0, 0.05) is 23.5 Å². The highest BCUT2D eigenvalue weighted by molar-refractivity contribution is 5.94. The van der Waals surface area contributed by atoms with Crippen molar-refractivity contribution in [2.24, 2.45) is 0 Å². The second-order valence-electron chi connectivity index (χ2n) is 7.66. The van der Waals surface area contributed by atoms with E-state index in [1.165, 1.54) is 5.56 Å².